The highest BCUT2D eigenvalue weighted by Gasteiger charge is 2.69. The van der Waals surface area contributed by atoms with Crippen molar-refractivity contribution in [2.45, 2.75) is 24.7 Å². The molecular weight excluding hydrogens is 302 g/mol. The Morgan fingerprint density at radius 2 is 2.17 bits per heavy atom. The first-order valence-electron chi connectivity index (χ1n) is 7.22. The van der Waals surface area contributed by atoms with Crippen LogP contribution in [0.4, 0.5) is 11.4 Å². The molecule has 8 nitrogen and oxygen atoms in total. The lowest BCUT2D eigenvalue weighted by atomic mass is 9.94. The lowest BCUT2D eigenvalue weighted by molar-refractivity contribution is -0.123. The van der Waals surface area contributed by atoms with Crippen LogP contribution < -0.4 is 16.0 Å². The molecule has 0 unspecified atom stereocenters. The fourth-order valence-electron chi connectivity index (χ4n) is 3.92. The van der Waals surface area contributed by atoms with E-state index in [4.69, 9.17) is 15.2 Å². The molecule has 8 heteroatoms. The predicted octanol–water partition coefficient (Wildman–Crippen LogP) is 0.0190. The number of piperazine rings is 1. The Bertz CT molecular complexity index is 762. The average molecular weight is 319 g/mol. The molecule has 0 amide bonds. The molecule has 0 spiro atoms. The molecule has 122 valence electrons. The van der Waals surface area contributed by atoms with Gasteiger partial charge in [0.1, 0.15) is 17.8 Å². The van der Waals surface area contributed by atoms with Gasteiger partial charge in [0.15, 0.2) is 5.72 Å². The number of ether oxygens (including phenoxy) is 2. The monoisotopic (exact) mass is 319 g/mol. The van der Waals surface area contributed by atoms with Crippen LogP contribution in [-0.4, -0.2) is 48.1 Å². The Balaban J connectivity index is 2.05. The molecule has 3 heterocycles. The number of fused-ring (bicyclic) bond motifs is 5. The first kappa shape index (κ1) is 14.2. The third-order valence-corrected chi connectivity index (χ3v) is 5.08. The van der Waals surface area contributed by atoms with E-state index in [0.29, 0.717) is 35.4 Å². The normalized spacial score (nSPS) is 31.7. The van der Waals surface area contributed by atoms with Gasteiger partial charge in [-0.15, -0.1) is 0 Å². The van der Waals surface area contributed by atoms with Crippen LogP contribution in [0.3, 0.4) is 0 Å². The number of methoxy groups -OCH3 is 1. The second-order valence-electron chi connectivity index (χ2n) is 5.99. The van der Waals surface area contributed by atoms with E-state index >= 15 is 0 Å². The van der Waals surface area contributed by atoms with Crippen LogP contribution in [0.5, 0.6) is 11.5 Å². The van der Waals surface area contributed by atoms with Crippen molar-refractivity contribution in [2.75, 3.05) is 24.3 Å². The zero-order valence-corrected chi connectivity index (χ0v) is 12.7. The van der Waals surface area contributed by atoms with Crippen LogP contribution >= 0.6 is 0 Å². The fraction of sp³-hybridized carbons (Fsp3) is 0.400. The summed E-state index contributed by atoms with van der Waals surface area (Å²) in [6, 6.07) is 0.184. The third kappa shape index (κ3) is 1.45. The lowest BCUT2D eigenvalue weighted by Crippen LogP contribution is -2.50. The maximum absolute atomic E-state index is 10.6. The molecule has 3 aliphatic rings. The summed E-state index contributed by atoms with van der Waals surface area (Å²) in [5.74, 6) is -0.161. The maximum Gasteiger partial charge on any atom is 0.297 e. The maximum atomic E-state index is 10.6. The van der Waals surface area contributed by atoms with Crippen LogP contribution in [0, 0.1) is 6.92 Å². The number of anilines is 2. The number of nitrogens with zero attached hydrogens (tertiary/aromatic N) is 1. The van der Waals surface area contributed by atoms with Gasteiger partial charge < -0.3 is 35.6 Å². The van der Waals surface area contributed by atoms with Crippen molar-refractivity contribution < 1.29 is 24.5 Å². The Morgan fingerprint density at radius 3 is 2.83 bits per heavy atom. The SMILES string of the molecule is CO[C@@]12C(=COC=O)c3c(O)c(N)c(C)c(O)c3N1C[C@@H]1N[C@@H]12. The molecule has 0 saturated carbocycles. The first-order chi connectivity index (χ1) is 11.0. The molecule has 0 aromatic heterocycles. The smallest absolute Gasteiger partial charge is 0.297 e. The molecule has 2 fully saturated rings. The highest BCUT2D eigenvalue weighted by molar-refractivity contribution is 6.00. The summed E-state index contributed by atoms with van der Waals surface area (Å²) >= 11 is 0. The van der Waals surface area contributed by atoms with Crippen molar-refractivity contribution in [1.29, 1.82) is 0 Å². The summed E-state index contributed by atoms with van der Waals surface area (Å²) < 4.78 is 10.6. The van der Waals surface area contributed by atoms with Crippen molar-refractivity contribution in [2.24, 2.45) is 0 Å². The Labute approximate surface area is 132 Å². The predicted molar refractivity (Wildman–Crippen MR) is 81.8 cm³/mol. The van der Waals surface area contributed by atoms with Gasteiger partial charge in [-0.3, -0.25) is 4.79 Å². The minimum Gasteiger partial charge on any atom is -0.505 e. The quantitative estimate of drug-likeness (QED) is 0.153. The topological polar surface area (TPSA) is 127 Å². The van der Waals surface area contributed by atoms with Crippen molar-refractivity contribution in [3.8, 4) is 11.5 Å². The number of hydrogen-bond donors (Lipinski definition) is 4. The molecule has 0 radical (unpaired) electrons. The summed E-state index contributed by atoms with van der Waals surface area (Å²) in [4.78, 5) is 12.5. The molecule has 3 atom stereocenters. The minimum absolute atomic E-state index is 0.00692. The zero-order valence-electron chi connectivity index (χ0n) is 12.7. The largest absolute Gasteiger partial charge is 0.505 e. The van der Waals surface area contributed by atoms with E-state index in [9.17, 15) is 15.0 Å². The van der Waals surface area contributed by atoms with E-state index in [-0.39, 0.29) is 29.3 Å². The van der Waals surface area contributed by atoms with Gasteiger partial charge in [0.05, 0.1) is 28.6 Å². The zero-order chi connectivity index (χ0) is 16.5. The minimum atomic E-state index is -0.953. The molecule has 3 aliphatic heterocycles. The summed E-state index contributed by atoms with van der Waals surface area (Å²) in [6.07, 6.45) is 1.24. The number of aromatic hydroxyl groups is 2. The standard InChI is InChI=1S/C15H17N3O5/c1-6-10(16)13(21)9-7(4-23-5-19)15(22-2)14-8(17-14)3-18(15)11(9)12(6)20/h4-5,8,14,17,20-21H,3,16H2,1-2H3/t8-,14-,15+/m0/s1. The summed E-state index contributed by atoms with van der Waals surface area (Å²) in [5, 5.41) is 24.4. The first-order valence-corrected chi connectivity index (χ1v) is 7.22. The number of rotatable bonds is 3. The average Bonchev–Trinajstić information content (AvgIpc) is 3.16. The fourth-order valence-corrected chi connectivity index (χ4v) is 3.92. The van der Waals surface area contributed by atoms with E-state index in [1.54, 1.807) is 14.0 Å². The van der Waals surface area contributed by atoms with E-state index in [1.807, 2.05) is 4.90 Å². The van der Waals surface area contributed by atoms with Gasteiger partial charge in [-0.25, -0.2) is 0 Å². The molecule has 1 aromatic rings. The molecule has 2 saturated heterocycles. The third-order valence-electron chi connectivity index (χ3n) is 5.08. The van der Waals surface area contributed by atoms with Crippen molar-refractivity contribution in [1.82, 2.24) is 5.32 Å². The number of carbonyl (C=O) groups excluding carboxylic acids is 1. The second-order valence-corrected chi connectivity index (χ2v) is 5.99. The van der Waals surface area contributed by atoms with Gasteiger partial charge in [0.2, 0.25) is 0 Å². The molecule has 23 heavy (non-hydrogen) atoms. The van der Waals surface area contributed by atoms with Crippen molar-refractivity contribution in [3.05, 3.63) is 17.4 Å². The molecule has 0 aliphatic carbocycles. The molecule has 1 aromatic carbocycles. The lowest BCUT2D eigenvalue weighted by Gasteiger charge is -2.35. The number of hydrogen-bond acceptors (Lipinski definition) is 8. The Kier molecular flexibility index (Phi) is 2.65. The number of nitrogen functional groups attached to an aromatic ring is 1. The number of benzene rings is 1. The van der Waals surface area contributed by atoms with Crippen LogP contribution in [0.25, 0.3) is 5.57 Å². The molecule has 5 N–H and O–H groups in total. The summed E-state index contributed by atoms with van der Waals surface area (Å²) in [6.45, 7) is 2.53. The van der Waals surface area contributed by atoms with Gasteiger partial charge in [-0.2, -0.15) is 0 Å². The van der Waals surface area contributed by atoms with E-state index in [1.165, 1.54) is 6.26 Å². The Hall–Kier alpha value is -2.45. The molecular formula is C15H17N3O5. The number of carbonyl (C=O) groups is 1. The number of nitrogens with two attached hydrogens (primary N) is 1. The number of nitrogens with one attached hydrogen (secondary N) is 1. The number of phenols is 2. The van der Waals surface area contributed by atoms with Crippen LogP contribution in [-0.2, 0) is 14.3 Å². The molecule has 4 rings (SSSR count). The Morgan fingerprint density at radius 1 is 1.43 bits per heavy atom. The van der Waals surface area contributed by atoms with Gasteiger partial charge in [0.25, 0.3) is 6.47 Å². The molecule has 0 bridgehead atoms. The van der Waals surface area contributed by atoms with Crippen LogP contribution in [0.1, 0.15) is 11.1 Å². The van der Waals surface area contributed by atoms with Crippen LogP contribution in [0.2, 0.25) is 0 Å². The second kappa shape index (κ2) is 4.30. The van der Waals surface area contributed by atoms with E-state index in [2.05, 4.69) is 5.32 Å². The number of phenolic OH excluding ortho intramolecular Hbond substituents is 2. The van der Waals surface area contributed by atoms with E-state index in [0.717, 1.165) is 0 Å². The van der Waals surface area contributed by atoms with Gasteiger partial charge in [0, 0.05) is 25.3 Å². The van der Waals surface area contributed by atoms with Crippen molar-refractivity contribution in [3.63, 3.8) is 0 Å². The van der Waals surface area contributed by atoms with Crippen molar-refractivity contribution >= 4 is 23.4 Å². The van der Waals surface area contributed by atoms with Crippen LogP contribution in [0.15, 0.2) is 6.26 Å². The van der Waals surface area contributed by atoms with E-state index < -0.39 is 5.72 Å². The van der Waals surface area contributed by atoms with Gasteiger partial charge in [-0.05, 0) is 6.92 Å². The van der Waals surface area contributed by atoms with Gasteiger partial charge >= 0.3 is 0 Å². The summed E-state index contributed by atoms with van der Waals surface area (Å²) in [7, 11) is 1.54. The summed E-state index contributed by atoms with van der Waals surface area (Å²) in [5.41, 5.74) is 6.68. The van der Waals surface area contributed by atoms with Gasteiger partial charge in [-0.1, -0.05) is 0 Å². The highest BCUT2D eigenvalue weighted by atomic mass is 16.5. The highest BCUT2D eigenvalue weighted by Crippen LogP contribution is 2.62.